The lowest BCUT2D eigenvalue weighted by Crippen LogP contribution is -2.10. The molecule has 0 radical (unpaired) electrons. The molecule has 23 heavy (non-hydrogen) atoms. The first-order chi connectivity index (χ1) is 11.0. The van der Waals surface area contributed by atoms with Crippen LogP contribution in [0, 0.1) is 6.92 Å². The van der Waals surface area contributed by atoms with Crippen molar-refractivity contribution in [1.29, 1.82) is 0 Å². The summed E-state index contributed by atoms with van der Waals surface area (Å²) < 4.78 is 29.8. The van der Waals surface area contributed by atoms with Gasteiger partial charge in [-0.1, -0.05) is 18.2 Å². The van der Waals surface area contributed by atoms with Crippen molar-refractivity contribution >= 4 is 33.7 Å². The highest BCUT2D eigenvalue weighted by molar-refractivity contribution is 7.87. The molecule has 0 atom stereocenters. The fraction of sp³-hybridized carbons (Fsp3) is 0.0667. The predicted molar refractivity (Wildman–Crippen MR) is 81.0 cm³/mol. The van der Waals surface area contributed by atoms with Crippen molar-refractivity contribution in [2.75, 3.05) is 0 Å². The molecule has 0 heterocycles. The number of aryl methyl sites for hydroxylation is 1. The molecule has 0 aliphatic rings. The molecule has 2 aromatic rings. The van der Waals surface area contributed by atoms with E-state index in [1.165, 1.54) is 36.4 Å². The SMILES string of the molecule is Cc1cc(S(=O)(=O)Oc2ccccc2)c(N=C=O)cc1N=C=O. The monoisotopic (exact) mass is 330 g/mol. The Hall–Kier alpha value is -3.05. The highest BCUT2D eigenvalue weighted by atomic mass is 32.2. The molecule has 0 spiro atoms. The van der Waals surface area contributed by atoms with E-state index in [4.69, 9.17) is 4.18 Å². The normalized spacial score (nSPS) is 10.3. The first-order valence-corrected chi connectivity index (χ1v) is 7.68. The largest absolute Gasteiger partial charge is 0.379 e. The van der Waals surface area contributed by atoms with Crippen molar-refractivity contribution in [1.82, 2.24) is 0 Å². The Morgan fingerprint density at radius 3 is 2.17 bits per heavy atom. The molecule has 0 saturated carbocycles. The van der Waals surface area contributed by atoms with E-state index in [0.717, 1.165) is 0 Å². The maximum Gasteiger partial charge on any atom is 0.341 e. The van der Waals surface area contributed by atoms with Gasteiger partial charge in [0.25, 0.3) is 0 Å². The topological polar surface area (TPSA) is 102 Å². The fourth-order valence-corrected chi connectivity index (χ4v) is 2.95. The minimum Gasteiger partial charge on any atom is -0.379 e. The van der Waals surface area contributed by atoms with Gasteiger partial charge in [-0.3, -0.25) is 0 Å². The molecule has 0 amide bonds. The molecule has 0 aliphatic heterocycles. The van der Waals surface area contributed by atoms with Crippen LogP contribution in [0.1, 0.15) is 5.56 Å². The average molecular weight is 330 g/mol. The van der Waals surface area contributed by atoms with Crippen molar-refractivity contribution < 1.29 is 22.2 Å². The summed E-state index contributed by atoms with van der Waals surface area (Å²) in [6.45, 7) is 1.55. The van der Waals surface area contributed by atoms with Crippen molar-refractivity contribution in [3.8, 4) is 5.75 Å². The first-order valence-electron chi connectivity index (χ1n) is 6.28. The summed E-state index contributed by atoms with van der Waals surface area (Å²) in [6.07, 6.45) is 2.61. The molecule has 0 saturated heterocycles. The Balaban J connectivity index is 2.59. The maximum atomic E-state index is 12.4. The molecule has 8 heteroatoms. The van der Waals surface area contributed by atoms with Crippen LogP contribution in [0.4, 0.5) is 11.4 Å². The van der Waals surface area contributed by atoms with Gasteiger partial charge in [-0.05, 0) is 36.8 Å². The third-order valence-electron chi connectivity index (χ3n) is 2.83. The van der Waals surface area contributed by atoms with Gasteiger partial charge in [0.05, 0.1) is 5.69 Å². The molecule has 0 N–H and O–H groups in total. The zero-order valence-corrected chi connectivity index (χ0v) is 12.7. The second-order valence-corrected chi connectivity index (χ2v) is 5.88. The average Bonchev–Trinajstić information content (AvgIpc) is 2.51. The van der Waals surface area contributed by atoms with Gasteiger partial charge in [-0.25, -0.2) is 9.59 Å². The minimum atomic E-state index is -4.23. The van der Waals surface area contributed by atoms with E-state index in [9.17, 15) is 18.0 Å². The number of rotatable bonds is 5. The molecule has 2 rings (SSSR count). The Morgan fingerprint density at radius 1 is 0.957 bits per heavy atom. The van der Waals surface area contributed by atoms with E-state index in [2.05, 4.69) is 9.98 Å². The lowest BCUT2D eigenvalue weighted by Gasteiger charge is -2.10. The molecule has 7 nitrogen and oxygen atoms in total. The fourth-order valence-electron chi connectivity index (χ4n) is 1.81. The molecule has 0 bridgehead atoms. The van der Waals surface area contributed by atoms with Crippen LogP contribution in [0.15, 0.2) is 57.3 Å². The van der Waals surface area contributed by atoms with Gasteiger partial charge in [0.2, 0.25) is 12.2 Å². The highest BCUT2D eigenvalue weighted by Crippen LogP contribution is 2.33. The van der Waals surface area contributed by atoms with Crippen LogP contribution in [-0.4, -0.2) is 20.6 Å². The lowest BCUT2D eigenvalue weighted by molar-refractivity contribution is 0.486. The molecule has 0 aliphatic carbocycles. The van der Waals surface area contributed by atoms with Gasteiger partial charge in [0.1, 0.15) is 16.3 Å². The van der Waals surface area contributed by atoms with E-state index < -0.39 is 10.1 Å². The summed E-state index contributed by atoms with van der Waals surface area (Å²) >= 11 is 0. The molecule has 2 aromatic carbocycles. The van der Waals surface area contributed by atoms with Gasteiger partial charge >= 0.3 is 10.1 Å². The van der Waals surface area contributed by atoms with E-state index in [0.29, 0.717) is 5.56 Å². The van der Waals surface area contributed by atoms with Crippen LogP contribution in [0.25, 0.3) is 0 Å². The number of isocyanates is 2. The Kier molecular flexibility index (Phi) is 4.83. The van der Waals surface area contributed by atoms with Crippen LogP contribution in [-0.2, 0) is 19.7 Å². The second-order valence-electron chi connectivity index (χ2n) is 4.36. The molecular weight excluding hydrogens is 320 g/mol. The summed E-state index contributed by atoms with van der Waals surface area (Å²) in [6, 6.07) is 10.3. The summed E-state index contributed by atoms with van der Waals surface area (Å²) in [7, 11) is -4.23. The second kappa shape index (κ2) is 6.81. The zero-order valence-electron chi connectivity index (χ0n) is 11.9. The lowest BCUT2D eigenvalue weighted by atomic mass is 10.2. The van der Waals surface area contributed by atoms with Gasteiger partial charge < -0.3 is 4.18 Å². The number of carbonyl (C=O) groups excluding carboxylic acids is 2. The molecule has 0 aromatic heterocycles. The van der Waals surface area contributed by atoms with E-state index in [1.807, 2.05) is 0 Å². The Morgan fingerprint density at radius 2 is 1.57 bits per heavy atom. The van der Waals surface area contributed by atoms with E-state index in [-0.39, 0.29) is 22.0 Å². The van der Waals surface area contributed by atoms with Gasteiger partial charge in [-0.2, -0.15) is 18.4 Å². The third-order valence-corrected chi connectivity index (χ3v) is 4.11. The molecule has 0 fully saturated rings. The number of aliphatic imine (C=N–C) groups is 2. The number of benzene rings is 2. The van der Waals surface area contributed by atoms with Gasteiger partial charge in [-0.15, -0.1) is 0 Å². The summed E-state index contributed by atoms with van der Waals surface area (Å²) in [5, 5.41) is 0. The van der Waals surface area contributed by atoms with Crippen molar-refractivity contribution in [2.45, 2.75) is 11.8 Å². The predicted octanol–water partition coefficient (Wildman–Crippen LogP) is 2.70. The molecular formula is C15H10N2O5S. The smallest absolute Gasteiger partial charge is 0.341 e. The number of hydrogen-bond donors (Lipinski definition) is 0. The summed E-state index contributed by atoms with van der Waals surface area (Å²) in [5.74, 6) is 0.112. The number of para-hydroxylation sites is 1. The van der Waals surface area contributed by atoms with Crippen LogP contribution in [0.2, 0.25) is 0 Å². The van der Waals surface area contributed by atoms with Crippen LogP contribution >= 0.6 is 0 Å². The van der Waals surface area contributed by atoms with E-state index >= 15 is 0 Å². The van der Waals surface area contributed by atoms with Crippen LogP contribution in [0.3, 0.4) is 0 Å². The first kappa shape index (κ1) is 16.3. The zero-order chi connectivity index (χ0) is 16.9. The third kappa shape index (κ3) is 3.78. The van der Waals surface area contributed by atoms with E-state index in [1.54, 1.807) is 25.1 Å². The summed E-state index contributed by atoms with van der Waals surface area (Å²) in [5.41, 5.74) is 0.302. The van der Waals surface area contributed by atoms with Crippen molar-refractivity contribution in [3.63, 3.8) is 0 Å². The van der Waals surface area contributed by atoms with Gasteiger partial charge in [0.15, 0.2) is 0 Å². The van der Waals surface area contributed by atoms with Crippen LogP contribution in [0.5, 0.6) is 5.75 Å². The summed E-state index contributed by atoms with van der Waals surface area (Å²) in [4.78, 5) is 27.3. The molecule has 0 unspecified atom stereocenters. The Labute approximate surface area is 132 Å². The van der Waals surface area contributed by atoms with Gasteiger partial charge in [0, 0.05) is 0 Å². The highest BCUT2D eigenvalue weighted by Gasteiger charge is 2.23. The Bertz CT molecular complexity index is 926. The molecule has 116 valence electrons. The standard InChI is InChI=1S/C15H10N2O5S/c1-11-7-15(14(17-10-19)8-13(11)16-9-18)23(20,21)22-12-5-3-2-4-6-12/h2-8H,1H3. The number of nitrogens with zero attached hydrogens (tertiary/aromatic N) is 2. The van der Waals surface area contributed by atoms with Crippen LogP contribution < -0.4 is 4.18 Å². The maximum absolute atomic E-state index is 12.4. The van der Waals surface area contributed by atoms with Crippen molar-refractivity contribution in [3.05, 3.63) is 48.0 Å². The quantitative estimate of drug-likeness (QED) is 0.476. The number of hydrogen-bond acceptors (Lipinski definition) is 7. The minimum absolute atomic E-state index is 0.112. The van der Waals surface area contributed by atoms with Crippen molar-refractivity contribution in [2.24, 2.45) is 9.98 Å².